The molecule has 1 atom stereocenters. The summed E-state index contributed by atoms with van der Waals surface area (Å²) in [5.74, 6) is -0.172. The quantitative estimate of drug-likeness (QED) is 0.551. The summed E-state index contributed by atoms with van der Waals surface area (Å²) in [6, 6.07) is 0.162. The van der Waals surface area contributed by atoms with Gasteiger partial charge in [0.05, 0.1) is 19.9 Å². The lowest BCUT2D eigenvalue weighted by Crippen LogP contribution is -2.30. The van der Waals surface area contributed by atoms with Crippen LogP contribution in [0.2, 0.25) is 0 Å². The molecular weight excluding hydrogens is 206 g/mol. The van der Waals surface area contributed by atoms with Gasteiger partial charge in [-0.1, -0.05) is 0 Å². The van der Waals surface area contributed by atoms with Crippen molar-refractivity contribution in [2.75, 3.05) is 13.7 Å². The Hall–Kier alpha value is -1.36. The van der Waals surface area contributed by atoms with E-state index in [1.165, 1.54) is 7.11 Å². The van der Waals surface area contributed by atoms with E-state index in [2.05, 4.69) is 15.0 Å². The molecule has 1 N–H and O–H groups in total. The number of aryl methyl sites for hydroxylation is 1. The number of rotatable bonds is 7. The molecule has 90 valence electrons. The van der Waals surface area contributed by atoms with Gasteiger partial charge >= 0.3 is 5.97 Å². The Balaban J connectivity index is 2.04. The van der Waals surface area contributed by atoms with E-state index in [1.54, 1.807) is 12.5 Å². The molecule has 0 amide bonds. The average Bonchev–Trinajstić information content (AvgIpc) is 2.77. The average molecular weight is 225 g/mol. The maximum absolute atomic E-state index is 11.0. The molecule has 1 rings (SSSR count). The second-order valence-electron chi connectivity index (χ2n) is 3.79. The molecule has 0 aromatic carbocycles. The van der Waals surface area contributed by atoms with Crippen LogP contribution in [-0.4, -0.2) is 35.2 Å². The van der Waals surface area contributed by atoms with E-state index in [-0.39, 0.29) is 12.0 Å². The number of ether oxygens (including phenoxy) is 1. The maximum Gasteiger partial charge on any atom is 0.307 e. The predicted octanol–water partition coefficient (Wildman–Crippen LogP) is 0.814. The van der Waals surface area contributed by atoms with E-state index in [4.69, 9.17) is 0 Å². The van der Waals surface area contributed by atoms with Gasteiger partial charge in [-0.05, 0) is 19.9 Å². The summed E-state index contributed by atoms with van der Waals surface area (Å²) < 4.78 is 6.63. The first-order chi connectivity index (χ1) is 7.72. The molecule has 16 heavy (non-hydrogen) atoms. The smallest absolute Gasteiger partial charge is 0.307 e. The lowest BCUT2D eigenvalue weighted by molar-refractivity contribution is -0.141. The minimum absolute atomic E-state index is 0.162. The molecule has 1 heterocycles. The molecule has 5 nitrogen and oxygen atoms in total. The van der Waals surface area contributed by atoms with Crippen LogP contribution >= 0.6 is 0 Å². The molecule has 5 heteroatoms. The molecule has 0 spiro atoms. The van der Waals surface area contributed by atoms with Crippen molar-refractivity contribution < 1.29 is 9.53 Å². The van der Waals surface area contributed by atoms with Gasteiger partial charge in [-0.25, -0.2) is 4.98 Å². The summed E-state index contributed by atoms with van der Waals surface area (Å²) in [6.45, 7) is 3.81. The van der Waals surface area contributed by atoms with E-state index < -0.39 is 0 Å². The third-order valence-corrected chi connectivity index (χ3v) is 2.35. The van der Waals surface area contributed by atoms with Crippen molar-refractivity contribution in [1.82, 2.24) is 14.9 Å². The molecule has 0 fully saturated rings. The second-order valence-corrected chi connectivity index (χ2v) is 3.79. The van der Waals surface area contributed by atoms with Gasteiger partial charge in [0.25, 0.3) is 0 Å². The summed E-state index contributed by atoms with van der Waals surface area (Å²) in [6.07, 6.45) is 6.95. The van der Waals surface area contributed by atoms with Gasteiger partial charge in [-0.2, -0.15) is 0 Å². The number of carbonyl (C=O) groups excluding carboxylic acids is 1. The highest BCUT2D eigenvalue weighted by Crippen LogP contribution is 1.94. The molecule has 0 bridgehead atoms. The van der Waals surface area contributed by atoms with Crippen molar-refractivity contribution in [3.8, 4) is 0 Å². The fourth-order valence-electron chi connectivity index (χ4n) is 1.43. The third kappa shape index (κ3) is 4.93. The number of aromatic nitrogens is 2. The first-order valence-corrected chi connectivity index (χ1v) is 5.48. The van der Waals surface area contributed by atoms with Crippen molar-refractivity contribution in [2.45, 2.75) is 32.4 Å². The highest BCUT2D eigenvalue weighted by Gasteiger charge is 2.07. The van der Waals surface area contributed by atoms with E-state index in [1.807, 2.05) is 17.7 Å². The minimum Gasteiger partial charge on any atom is -0.469 e. The Bertz CT molecular complexity index is 298. The van der Waals surface area contributed by atoms with Gasteiger partial charge in [-0.3, -0.25) is 4.79 Å². The van der Waals surface area contributed by atoms with Gasteiger partial charge in [0, 0.05) is 25.0 Å². The van der Waals surface area contributed by atoms with Gasteiger partial charge in [-0.15, -0.1) is 0 Å². The second kappa shape index (κ2) is 7.00. The van der Waals surface area contributed by atoms with Gasteiger partial charge in [0.1, 0.15) is 0 Å². The standard InChI is InChI=1S/C11H19N3O2/c1-10(8-11(15)16-2)13-4-3-6-14-7-5-12-9-14/h5,7,9-10,13H,3-4,6,8H2,1-2H3/t10-/m1/s1. The number of nitrogens with zero attached hydrogens (tertiary/aromatic N) is 2. The van der Waals surface area contributed by atoms with Gasteiger partial charge in [0.2, 0.25) is 0 Å². The van der Waals surface area contributed by atoms with Crippen LogP contribution in [0.4, 0.5) is 0 Å². The Morgan fingerprint density at radius 2 is 2.44 bits per heavy atom. The predicted molar refractivity (Wildman–Crippen MR) is 60.9 cm³/mol. The number of hydrogen-bond acceptors (Lipinski definition) is 4. The van der Waals surface area contributed by atoms with Crippen molar-refractivity contribution in [2.24, 2.45) is 0 Å². The molecule has 0 saturated carbocycles. The van der Waals surface area contributed by atoms with Crippen molar-refractivity contribution in [3.05, 3.63) is 18.7 Å². The van der Waals surface area contributed by atoms with Crippen LogP contribution in [0.3, 0.4) is 0 Å². The summed E-state index contributed by atoms with van der Waals surface area (Å²) in [5.41, 5.74) is 0. The fourth-order valence-corrected chi connectivity index (χ4v) is 1.43. The number of esters is 1. The normalized spacial score (nSPS) is 12.4. The van der Waals surface area contributed by atoms with Crippen LogP contribution in [0.15, 0.2) is 18.7 Å². The van der Waals surface area contributed by atoms with Gasteiger partial charge < -0.3 is 14.6 Å². The first kappa shape index (κ1) is 12.7. The number of carbonyl (C=O) groups is 1. The molecule has 1 aromatic rings. The van der Waals surface area contributed by atoms with Crippen LogP contribution in [0, 0.1) is 0 Å². The number of methoxy groups -OCH3 is 1. The lowest BCUT2D eigenvalue weighted by Gasteiger charge is -2.12. The molecule has 0 aliphatic carbocycles. The zero-order valence-electron chi connectivity index (χ0n) is 9.85. The molecule has 0 radical (unpaired) electrons. The summed E-state index contributed by atoms with van der Waals surface area (Å²) in [5, 5.41) is 3.28. The summed E-state index contributed by atoms with van der Waals surface area (Å²) >= 11 is 0. The monoisotopic (exact) mass is 225 g/mol. The Morgan fingerprint density at radius 1 is 1.62 bits per heavy atom. The van der Waals surface area contributed by atoms with Gasteiger partial charge in [0.15, 0.2) is 0 Å². The summed E-state index contributed by atoms with van der Waals surface area (Å²) in [4.78, 5) is 14.9. The van der Waals surface area contributed by atoms with E-state index in [0.717, 1.165) is 19.5 Å². The van der Waals surface area contributed by atoms with Crippen LogP contribution in [0.25, 0.3) is 0 Å². The van der Waals surface area contributed by atoms with Crippen molar-refractivity contribution >= 4 is 5.97 Å². The Morgan fingerprint density at radius 3 is 3.06 bits per heavy atom. The van der Waals surface area contributed by atoms with Crippen molar-refractivity contribution in [3.63, 3.8) is 0 Å². The largest absolute Gasteiger partial charge is 0.469 e. The molecule has 1 aromatic heterocycles. The van der Waals surface area contributed by atoms with E-state index in [0.29, 0.717) is 6.42 Å². The molecular formula is C11H19N3O2. The molecule has 0 saturated heterocycles. The minimum atomic E-state index is -0.172. The van der Waals surface area contributed by atoms with E-state index in [9.17, 15) is 4.79 Å². The van der Waals surface area contributed by atoms with Crippen LogP contribution in [0.1, 0.15) is 19.8 Å². The van der Waals surface area contributed by atoms with Crippen LogP contribution in [0.5, 0.6) is 0 Å². The lowest BCUT2D eigenvalue weighted by atomic mass is 10.2. The maximum atomic E-state index is 11.0. The highest BCUT2D eigenvalue weighted by atomic mass is 16.5. The molecule has 0 unspecified atom stereocenters. The highest BCUT2D eigenvalue weighted by molar-refractivity contribution is 5.69. The third-order valence-electron chi connectivity index (χ3n) is 2.35. The van der Waals surface area contributed by atoms with Crippen molar-refractivity contribution in [1.29, 1.82) is 0 Å². The molecule has 0 aliphatic heterocycles. The summed E-state index contributed by atoms with van der Waals surface area (Å²) in [7, 11) is 1.41. The van der Waals surface area contributed by atoms with Crippen LogP contribution in [-0.2, 0) is 16.1 Å². The zero-order valence-corrected chi connectivity index (χ0v) is 9.85. The molecule has 0 aliphatic rings. The number of hydrogen-bond donors (Lipinski definition) is 1. The SMILES string of the molecule is COC(=O)C[C@@H](C)NCCCn1ccnc1. The topological polar surface area (TPSA) is 56.1 Å². The Labute approximate surface area is 95.8 Å². The Kier molecular flexibility index (Phi) is 5.56. The zero-order chi connectivity index (χ0) is 11.8. The fraction of sp³-hybridized carbons (Fsp3) is 0.636. The van der Waals surface area contributed by atoms with E-state index >= 15 is 0 Å². The number of imidazole rings is 1. The van der Waals surface area contributed by atoms with Crippen LogP contribution < -0.4 is 5.32 Å². The first-order valence-electron chi connectivity index (χ1n) is 5.48. The number of nitrogens with one attached hydrogen (secondary N) is 1.